The molecule has 3 rings (SSSR count). The molecule has 0 atom stereocenters. The highest BCUT2D eigenvalue weighted by Crippen LogP contribution is 2.24. The van der Waals surface area contributed by atoms with Crippen LogP contribution in [0.4, 0.5) is 5.69 Å². The summed E-state index contributed by atoms with van der Waals surface area (Å²) in [6, 6.07) is 8.45. The zero-order valence-electron chi connectivity index (χ0n) is 12.1. The summed E-state index contributed by atoms with van der Waals surface area (Å²) in [6.07, 6.45) is 4.36. The molecule has 6 nitrogen and oxygen atoms in total. The molecule has 0 radical (unpaired) electrons. The standard InChI is InChI=1S/C16H12N2O4S/c1-21-12-4-2-11(3-5-12)18-15(20)13(14(19)17-16(18)23)8-10-6-7-22-9-10/h2-9H,1H3,(H,17,19,23)/b13-8-. The van der Waals surface area contributed by atoms with Crippen molar-refractivity contribution in [3.63, 3.8) is 0 Å². The Kier molecular flexibility index (Phi) is 3.94. The van der Waals surface area contributed by atoms with Crippen LogP contribution in [0.5, 0.6) is 5.75 Å². The van der Waals surface area contributed by atoms with Gasteiger partial charge in [-0.2, -0.15) is 0 Å². The Morgan fingerprint density at radius 1 is 1.22 bits per heavy atom. The number of carbonyl (C=O) groups is 2. The predicted molar refractivity (Wildman–Crippen MR) is 87.9 cm³/mol. The zero-order valence-corrected chi connectivity index (χ0v) is 12.9. The lowest BCUT2D eigenvalue weighted by Gasteiger charge is -2.28. The Hall–Kier alpha value is -2.93. The van der Waals surface area contributed by atoms with Crippen LogP contribution in [0.3, 0.4) is 0 Å². The number of benzene rings is 1. The van der Waals surface area contributed by atoms with Gasteiger partial charge in [0.15, 0.2) is 5.11 Å². The average molecular weight is 328 g/mol. The Labute approximate surface area is 137 Å². The number of anilines is 1. The smallest absolute Gasteiger partial charge is 0.270 e. The van der Waals surface area contributed by atoms with Crippen molar-refractivity contribution >= 4 is 40.9 Å². The van der Waals surface area contributed by atoms with Crippen LogP contribution in [-0.4, -0.2) is 24.0 Å². The van der Waals surface area contributed by atoms with E-state index in [2.05, 4.69) is 5.32 Å². The Morgan fingerprint density at radius 3 is 2.57 bits per heavy atom. The number of thiocarbonyl (C=S) groups is 1. The highest BCUT2D eigenvalue weighted by molar-refractivity contribution is 7.80. The number of carbonyl (C=O) groups excluding carboxylic acids is 2. The highest BCUT2D eigenvalue weighted by Gasteiger charge is 2.34. The molecular formula is C16H12N2O4S. The number of amides is 2. The van der Waals surface area contributed by atoms with E-state index in [0.29, 0.717) is 17.0 Å². The second kappa shape index (κ2) is 6.05. The number of hydrogen-bond acceptors (Lipinski definition) is 5. The number of methoxy groups -OCH3 is 1. The minimum Gasteiger partial charge on any atom is -0.497 e. The lowest BCUT2D eigenvalue weighted by molar-refractivity contribution is -0.122. The van der Waals surface area contributed by atoms with Gasteiger partial charge >= 0.3 is 0 Å². The third kappa shape index (κ3) is 2.86. The van der Waals surface area contributed by atoms with Crippen molar-refractivity contribution in [2.45, 2.75) is 0 Å². The topological polar surface area (TPSA) is 71.8 Å². The van der Waals surface area contributed by atoms with Crippen molar-refractivity contribution in [1.82, 2.24) is 5.32 Å². The molecule has 1 aromatic heterocycles. The molecule has 116 valence electrons. The summed E-state index contributed by atoms with van der Waals surface area (Å²) in [6.45, 7) is 0. The van der Waals surface area contributed by atoms with E-state index in [0.717, 1.165) is 0 Å². The van der Waals surface area contributed by atoms with Crippen LogP contribution in [0, 0.1) is 0 Å². The molecule has 1 N–H and O–H groups in total. The predicted octanol–water partition coefficient (Wildman–Crippen LogP) is 2.12. The van der Waals surface area contributed by atoms with Crippen molar-refractivity contribution < 1.29 is 18.7 Å². The molecule has 1 aromatic carbocycles. The first kappa shape index (κ1) is 15.0. The molecule has 2 amide bonds. The lowest BCUT2D eigenvalue weighted by Crippen LogP contribution is -2.54. The fraction of sp³-hybridized carbons (Fsp3) is 0.0625. The van der Waals surface area contributed by atoms with Crippen LogP contribution < -0.4 is 15.0 Å². The summed E-state index contributed by atoms with van der Waals surface area (Å²) >= 11 is 5.12. The quantitative estimate of drug-likeness (QED) is 0.531. The maximum Gasteiger partial charge on any atom is 0.270 e. The van der Waals surface area contributed by atoms with E-state index in [4.69, 9.17) is 21.4 Å². The van der Waals surface area contributed by atoms with Crippen molar-refractivity contribution in [3.8, 4) is 5.75 Å². The van der Waals surface area contributed by atoms with Gasteiger partial charge in [-0.05, 0) is 48.6 Å². The number of ether oxygens (including phenoxy) is 1. The van der Waals surface area contributed by atoms with Crippen molar-refractivity contribution in [2.24, 2.45) is 0 Å². The normalized spacial score (nSPS) is 16.7. The molecule has 23 heavy (non-hydrogen) atoms. The first-order valence-corrected chi connectivity index (χ1v) is 7.08. The minimum absolute atomic E-state index is 0.0178. The molecule has 2 aromatic rings. The van der Waals surface area contributed by atoms with Gasteiger partial charge in [0.1, 0.15) is 11.3 Å². The number of rotatable bonds is 3. The maximum absolute atomic E-state index is 12.7. The van der Waals surface area contributed by atoms with Crippen LogP contribution in [-0.2, 0) is 9.59 Å². The maximum atomic E-state index is 12.7. The fourth-order valence-corrected chi connectivity index (χ4v) is 2.43. The first-order chi connectivity index (χ1) is 11.1. The van der Waals surface area contributed by atoms with Gasteiger partial charge in [-0.1, -0.05) is 0 Å². The second-order valence-corrected chi connectivity index (χ2v) is 5.10. The zero-order chi connectivity index (χ0) is 16.4. The third-order valence-electron chi connectivity index (χ3n) is 3.29. The Balaban J connectivity index is 1.98. The van der Waals surface area contributed by atoms with Gasteiger partial charge in [-0.25, -0.2) is 0 Å². The van der Waals surface area contributed by atoms with E-state index >= 15 is 0 Å². The molecule has 0 unspecified atom stereocenters. The second-order valence-electron chi connectivity index (χ2n) is 4.71. The molecule has 0 saturated carbocycles. The third-order valence-corrected chi connectivity index (χ3v) is 3.57. The summed E-state index contributed by atoms with van der Waals surface area (Å²) in [5, 5.41) is 2.55. The van der Waals surface area contributed by atoms with Gasteiger partial charge in [0.05, 0.1) is 25.3 Å². The molecular weight excluding hydrogens is 316 g/mol. The van der Waals surface area contributed by atoms with Gasteiger partial charge in [0.2, 0.25) is 0 Å². The van der Waals surface area contributed by atoms with Crippen molar-refractivity contribution in [1.29, 1.82) is 0 Å². The summed E-state index contributed by atoms with van der Waals surface area (Å²) in [5.41, 5.74) is 1.14. The molecule has 1 aliphatic heterocycles. The largest absolute Gasteiger partial charge is 0.497 e. The van der Waals surface area contributed by atoms with Crippen LogP contribution in [0.1, 0.15) is 5.56 Å². The van der Waals surface area contributed by atoms with E-state index in [1.54, 1.807) is 37.4 Å². The SMILES string of the molecule is COc1ccc(N2C(=O)/C(=C\c3ccoc3)C(=O)NC2=S)cc1. The van der Waals surface area contributed by atoms with Gasteiger partial charge in [0, 0.05) is 5.56 Å². The first-order valence-electron chi connectivity index (χ1n) is 6.68. The van der Waals surface area contributed by atoms with Gasteiger partial charge in [-0.3, -0.25) is 19.8 Å². The summed E-state index contributed by atoms with van der Waals surface area (Å²) in [7, 11) is 1.55. The number of furan rings is 1. The summed E-state index contributed by atoms with van der Waals surface area (Å²) in [4.78, 5) is 26.0. The Bertz CT molecular complexity index is 794. The lowest BCUT2D eigenvalue weighted by atomic mass is 10.1. The van der Waals surface area contributed by atoms with E-state index < -0.39 is 11.8 Å². The molecule has 0 aliphatic carbocycles. The molecule has 1 fully saturated rings. The van der Waals surface area contributed by atoms with Crippen molar-refractivity contribution in [2.75, 3.05) is 12.0 Å². The summed E-state index contributed by atoms with van der Waals surface area (Å²) < 4.78 is 10.0. The van der Waals surface area contributed by atoms with E-state index in [1.165, 1.54) is 23.5 Å². The molecule has 7 heteroatoms. The molecule has 1 aliphatic rings. The van der Waals surface area contributed by atoms with Crippen LogP contribution in [0.25, 0.3) is 6.08 Å². The average Bonchev–Trinajstić information content (AvgIpc) is 3.05. The fourth-order valence-electron chi connectivity index (χ4n) is 2.15. The number of nitrogens with one attached hydrogen (secondary N) is 1. The number of nitrogens with zero attached hydrogens (tertiary/aromatic N) is 1. The van der Waals surface area contributed by atoms with Crippen LogP contribution in [0.2, 0.25) is 0 Å². The molecule has 0 bridgehead atoms. The van der Waals surface area contributed by atoms with Gasteiger partial charge in [-0.15, -0.1) is 0 Å². The van der Waals surface area contributed by atoms with E-state index in [1.807, 2.05) is 0 Å². The molecule has 0 spiro atoms. The van der Waals surface area contributed by atoms with Crippen LogP contribution >= 0.6 is 12.2 Å². The van der Waals surface area contributed by atoms with Crippen LogP contribution in [0.15, 0.2) is 52.8 Å². The van der Waals surface area contributed by atoms with E-state index in [9.17, 15) is 9.59 Å². The van der Waals surface area contributed by atoms with Gasteiger partial charge < -0.3 is 9.15 Å². The van der Waals surface area contributed by atoms with Gasteiger partial charge in [0.25, 0.3) is 11.8 Å². The Morgan fingerprint density at radius 2 is 1.96 bits per heavy atom. The van der Waals surface area contributed by atoms with E-state index in [-0.39, 0.29) is 10.7 Å². The molecule has 2 heterocycles. The number of hydrogen-bond donors (Lipinski definition) is 1. The summed E-state index contributed by atoms with van der Waals surface area (Å²) in [5.74, 6) is -0.376. The van der Waals surface area contributed by atoms with Crippen molar-refractivity contribution in [3.05, 3.63) is 54.0 Å². The molecule has 1 saturated heterocycles. The minimum atomic E-state index is -0.536. The highest BCUT2D eigenvalue weighted by atomic mass is 32.1. The monoisotopic (exact) mass is 328 g/mol.